The van der Waals surface area contributed by atoms with Crippen molar-refractivity contribution in [3.8, 4) is 0 Å². The van der Waals surface area contributed by atoms with Gasteiger partial charge < -0.3 is 11.1 Å². The Morgan fingerprint density at radius 1 is 0.938 bits per heavy atom. The number of rotatable bonds is 5. The van der Waals surface area contributed by atoms with Crippen molar-refractivity contribution in [2.45, 2.75) is 23.9 Å². The van der Waals surface area contributed by atoms with Crippen molar-refractivity contribution in [3.05, 3.63) is 94.5 Å². The fourth-order valence-corrected chi connectivity index (χ4v) is 5.43. The van der Waals surface area contributed by atoms with Crippen LogP contribution in [-0.2, 0) is 27.8 Å². The molecular weight excluding hydrogens is 450 g/mol. The van der Waals surface area contributed by atoms with E-state index in [1.54, 1.807) is 18.2 Å². The fraction of sp³-hybridized carbons (Fsp3) is 0.130. The Kier molecular flexibility index (Phi) is 6.01. The van der Waals surface area contributed by atoms with Crippen molar-refractivity contribution in [1.29, 1.82) is 0 Å². The van der Waals surface area contributed by atoms with Crippen LogP contribution in [0, 0.1) is 0 Å². The molecule has 0 saturated carbocycles. The predicted octanol–water partition coefficient (Wildman–Crippen LogP) is 3.19. The molecule has 3 aromatic rings. The predicted molar refractivity (Wildman–Crippen MR) is 122 cm³/mol. The first kappa shape index (κ1) is 22.0. The first-order valence-electron chi connectivity index (χ1n) is 9.81. The highest BCUT2D eigenvalue weighted by atomic mass is 35.5. The summed E-state index contributed by atoms with van der Waals surface area (Å²) in [5, 5.41) is 3.10. The number of nitrogens with two attached hydrogens (primary N) is 1. The molecule has 0 aromatic heterocycles. The van der Waals surface area contributed by atoms with Crippen LogP contribution >= 0.6 is 11.6 Å². The van der Waals surface area contributed by atoms with Crippen LogP contribution in [0.3, 0.4) is 0 Å². The molecule has 9 heteroatoms. The van der Waals surface area contributed by atoms with E-state index in [0.717, 1.165) is 11.1 Å². The third kappa shape index (κ3) is 4.25. The zero-order valence-electron chi connectivity index (χ0n) is 16.9. The lowest BCUT2D eigenvalue weighted by atomic mass is 9.95. The number of sulfonamides is 1. The van der Waals surface area contributed by atoms with E-state index in [2.05, 4.69) is 5.32 Å². The Morgan fingerprint density at radius 3 is 2.25 bits per heavy atom. The Balaban J connectivity index is 1.73. The zero-order chi connectivity index (χ0) is 22.9. The van der Waals surface area contributed by atoms with Gasteiger partial charge in [0, 0.05) is 11.6 Å². The maximum absolute atomic E-state index is 13.5. The number of nitrogens with zero attached hydrogens (tertiary/aromatic N) is 1. The van der Waals surface area contributed by atoms with Crippen LogP contribution in [-0.4, -0.2) is 30.6 Å². The molecule has 0 unspecified atom stereocenters. The highest BCUT2D eigenvalue weighted by molar-refractivity contribution is 7.89. The summed E-state index contributed by atoms with van der Waals surface area (Å²) < 4.78 is 28.1. The second kappa shape index (κ2) is 8.74. The van der Waals surface area contributed by atoms with Crippen LogP contribution in [0.15, 0.2) is 77.7 Å². The molecule has 2 amide bonds. The number of carbonyl (C=O) groups excluding carboxylic acids is 2. The minimum absolute atomic E-state index is 0.0384. The molecular formula is C23H20ClN3O4S. The summed E-state index contributed by atoms with van der Waals surface area (Å²) in [6, 6.07) is 18.5. The summed E-state index contributed by atoms with van der Waals surface area (Å²) in [7, 11) is -4.01. The quantitative estimate of drug-likeness (QED) is 0.597. The average molecular weight is 470 g/mol. The molecule has 0 bridgehead atoms. The largest absolute Gasteiger partial charge is 0.366 e. The Hall–Kier alpha value is -3.20. The summed E-state index contributed by atoms with van der Waals surface area (Å²) in [5.74, 6) is -1.24. The molecule has 0 radical (unpaired) electrons. The maximum atomic E-state index is 13.5. The van der Waals surface area contributed by atoms with Gasteiger partial charge in [0.2, 0.25) is 15.9 Å². The Morgan fingerprint density at radius 2 is 1.56 bits per heavy atom. The number of halogens is 1. The van der Waals surface area contributed by atoms with Gasteiger partial charge in [0.1, 0.15) is 6.04 Å². The van der Waals surface area contributed by atoms with E-state index < -0.39 is 27.9 Å². The first-order chi connectivity index (χ1) is 15.3. The number of benzene rings is 3. The maximum Gasteiger partial charge on any atom is 0.250 e. The van der Waals surface area contributed by atoms with Crippen molar-refractivity contribution < 1.29 is 18.0 Å². The molecule has 32 heavy (non-hydrogen) atoms. The number of primary amides is 1. The summed E-state index contributed by atoms with van der Waals surface area (Å²) in [5.41, 5.74) is 7.49. The van der Waals surface area contributed by atoms with Crippen LogP contribution in [0.25, 0.3) is 0 Å². The van der Waals surface area contributed by atoms with Gasteiger partial charge >= 0.3 is 0 Å². The number of para-hydroxylation sites is 1. The molecule has 3 N–H and O–H groups in total. The number of anilines is 1. The number of nitrogens with one attached hydrogen (secondary N) is 1. The van der Waals surface area contributed by atoms with Crippen LogP contribution in [0.2, 0.25) is 5.02 Å². The van der Waals surface area contributed by atoms with Gasteiger partial charge in [-0.05, 0) is 53.9 Å². The zero-order valence-corrected chi connectivity index (χ0v) is 18.4. The number of fused-ring (bicyclic) bond motifs is 1. The summed E-state index contributed by atoms with van der Waals surface area (Å²) in [6.07, 6.45) is 0.188. The van der Waals surface area contributed by atoms with Gasteiger partial charge in [-0.25, -0.2) is 8.42 Å². The van der Waals surface area contributed by atoms with Gasteiger partial charge in [-0.1, -0.05) is 48.0 Å². The summed E-state index contributed by atoms with van der Waals surface area (Å²) in [6.45, 7) is 0.0384. The molecule has 1 aliphatic heterocycles. The molecule has 7 nitrogen and oxygen atoms in total. The smallest absolute Gasteiger partial charge is 0.250 e. The number of hydrogen-bond donors (Lipinski definition) is 2. The van der Waals surface area contributed by atoms with Crippen LogP contribution in [0.5, 0.6) is 0 Å². The highest BCUT2D eigenvalue weighted by Gasteiger charge is 2.39. The van der Waals surface area contributed by atoms with E-state index in [0.29, 0.717) is 5.02 Å². The molecule has 0 saturated heterocycles. The second-order valence-corrected chi connectivity index (χ2v) is 9.72. The van der Waals surface area contributed by atoms with Gasteiger partial charge in [0.15, 0.2) is 0 Å². The van der Waals surface area contributed by atoms with E-state index in [1.165, 1.54) is 34.6 Å². The molecule has 1 heterocycles. The van der Waals surface area contributed by atoms with Crippen molar-refractivity contribution in [2.75, 3.05) is 5.32 Å². The van der Waals surface area contributed by atoms with Crippen molar-refractivity contribution in [2.24, 2.45) is 5.73 Å². The van der Waals surface area contributed by atoms with E-state index in [-0.39, 0.29) is 29.1 Å². The van der Waals surface area contributed by atoms with Crippen molar-refractivity contribution in [3.63, 3.8) is 0 Å². The Bertz CT molecular complexity index is 1290. The van der Waals surface area contributed by atoms with Crippen LogP contribution < -0.4 is 11.1 Å². The van der Waals surface area contributed by atoms with Gasteiger partial charge in [-0.3, -0.25) is 9.59 Å². The van der Waals surface area contributed by atoms with Crippen LogP contribution in [0.4, 0.5) is 5.69 Å². The topological polar surface area (TPSA) is 110 Å². The standard InChI is InChI=1S/C23H20ClN3O4S/c24-17-9-11-18(12-10-17)32(30,31)27-14-16-6-2-1-5-15(16)13-21(27)23(29)26-20-8-4-3-7-19(20)22(25)28/h1-12,21H,13-14H2,(H2,25,28)(H,26,29)/t21-/m0/s1. The van der Waals surface area contributed by atoms with E-state index in [9.17, 15) is 18.0 Å². The lowest BCUT2D eigenvalue weighted by molar-refractivity contribution is -0.120. The molecule has 1 aliphatic rings. The molecule has 4 rings (SSSR count). The lowest BCUT2D eigenvalue weighted by Crippen LogP contribution is -2.50. The number of hydrogen-bond acceptors (Lipinski definition) is 4. The van der Waals surface area contributed by atoms with Crippen LogP contribution in [0.1, 0.15) is 21.5 Å². The minimum Gasteiger partial charge on any atom is -0.366 e. The van der Waals surface area contributed by atoms with Gasteiger partial charge in [0.05, 0.1) is 16.1 Å². The van der Waals surface area contributed by atoms with Crippen molar-refractivity contribution >= 4 is 39.1 Å². The summed E-state index contributed by atoms with van der Waals surface area (Å²) in [4.78, 5) is 25.1. The van der Waals surface area contributed by atoms with Gasteiger partial charge in [-0.15, -0.1) is 0 Å². The molecule has 0 aliphatic carbocycles. The monoisotopic (exact) mass is 469 g/mol. The van der Waals surface area contributed by atoms with E-state index in [4.69, 9.17) is 17.3 Å². The highest BCUT2D eigenvalue weighted by Crippen LogP contribution is 2.30. The van der Waals surface area contributed by atoms with E-state index >= 15 is 0 Å². The molecule has 1 atom stereocenters. The van der Waals surface area contributed by atoms with E-state index in [1.807, 2.05) is 24.3 Å². The molecule has 3 aromatic carbocycles. The SMILES string of the molecule is NC(=O)c1ccccc1NC(=O)[C@@H]1Cc2ccccc2CN1S(=O)(=O)c1ccc(Cl)cc1. The first-order valence-corrected chi connectivity index (χ1v) is 11.6. The fourth-order valence-electron chi connectivity index (χ4n) is 3.74. The lowest BCUT2D eigenvalue weighted by Gasteiger charge is -2.35. The minimum atomic E-state index is -4.01. The van der Waals surface area contributed by atoms with Gasteiger partial charge in [0.25, 0.3) is 5.91 Å². The third-order valence-electron chi connectivity index (χ3n) is 5.38. The normalized spacial score (nSPS) is 16.2. The summed E-state index contributed by atoms with van der Waals surface area (Å²) >= 11 is 5.91. The Labute approximate surface area is 190 Å². The average Bonchev–Trinajstić information content (AvgIpc) is 2.78. The second-order valence-electron chi connectivity index (χ2n) is 7.39. The third-order valence-corrected chi connectivity index (χ3v) is 7.50. The molecule has 0 fully saturated rings. The van der Waals surface area contributed by atoms with Crippen molar-refractivity contribution in [1.82, 2.24) is 4.31 Å². The number of amides is 2. The number of carbonyl (C=O) groups is 2. The molecule has 0 spiro atoms. The molecule has 164 valence electrons. The van der Waals surface area contributed by atoms with Gasteiger partial charge in [-0.2, -0.15) is 4.31 Å².